The number of amides is 6. The van der Waals surface area contributed by atoms with Crippen molar-refractivity contribution in [2.45, 2.75) is 49.9 Å². The van der Waals surface area contributed by atoms with Gasteiger partial charge in [0.05, 0.1) is 25.2 Å². The summed E-state index contributed by atoms with van der Waals surface area (Å²) in [6.45, 7) is 0.128. The van der Waals surface area contributed by atoms with Crippen LogP contribution in [0.15, 0.2) is 60.7 Å². The van der Waals surface area contributed by atoms with E-state index in [9.17, 15) is 42.4 Å². The molecule has 6 rings (SSSR count). The molecule has 0 spiro atoms. The number of nitrogens with one attached hydrogen (secondary N) is 2. The van der Waals surface area contributed by atoms with Crippen LogP contribution in [0.5, 0.6) is 0 Å². The predicted molar refractivity (Wildman–Crippen MR) is 163 cm³/mol. The lowest BCUT2D eigenvalue weighted by Crippen LogP contribution is -2.50. The molecule has 0 saturated carbocycles. The van der Waals surface area contributed by atoms with Gasteiger partial charge in [0.25, 0.3) is 0 Å². The number of carbonyl (C=O) groups excluding carboxylic acids is 6. The van der Waals surface area contributed by atoms with Gasteiger partial charge in [-0.1, -0.05) is 60.7 Å². The number of benzene rings is 2. The van der Waals surface area contributed by atoms with Crippen molar-refractivity contribution in [1.82, 2.24) is 30.6 Å². The van der Waals surface area contributed by atoms with Crippen LogP contribution in [0.25, 0.3) is 0 Å². The topological polar surface area (TPSA) is 223 Å². The number of Topliss-reactive ketones (excluding diaryl/α,β-unsaturated/α-hetero) is 2. The molecular formula is C30H34N6O11S. The molecule has 0 radical (unpaired) electrons. The zero-order valence-corrected chi connectivity index (χ0v) is 26.3. The summed E-state index contributed by atoms with van der Waals surface area (Å²) in [7, 11) is -4.84. The van der Waals surface area contributed by atoms with Crippen molar-refractivity contribution in [2.24, 2.45) is 0 Å². The Labute approximate surface area is 275 Å². The summed E-state index contributed by atoms with van der Waals surface area (Å²) in [6, 6.07) is 13.5. The maximum absolute atomic E-state index is 12.4. The molecule has 2 aromatic rings. The van der Waals surface area contributed by atoms with Gasteiger partial charge in [-0.2, -0.15) is 13.5 Å². The van der Waals surface area contributed by atoms with Crippen molar-refractivity contribution < 1.29 is 51.2 Å². The Balaban J connectivity index is 0.000000190. The molecule has 256 valence electrons. The molecule has 4 aliphatic rings. The third-order valence-electron chi connectivity index (χ3n) is 8.49. The highest BCUT2D eigenvalue weighted by molar-refractivity contribution is 7.80. The second kappa shape index (κ2) is 14.5. The van der Waals surface area contributed by atoms with Gasteiger partial charge in [0.15, 0.2) is 11.6 Å². The second-order valence-electron chi connectivity index (χ2n) is 11.6. The van der Waals surface area contributed by atoms with E-state index >= 15 is 0 Å². The molecule has 4 fully saturated rings. The van der Waals surface area contributed by atoms with Crippen molar-refractivity contribution in [3.63, 3.8) is 0 Å². The van der Waals surface area contributed by atoms with Gasteiger partial charge < -0.3 is 20.4 Å². The van der Waals surface area contributed by atoms with Gasteiger partial charge in [-0.3, -0.25) is 28.9 Å². The molecular weight excluding hydrogens is 652 g/mol. The highest BCUT2D eigenvalue weighted by Crippen LogP contribution is 2.31. The van der Waals surface area contributed by atoms with Crippen molar-refractivity contribution >= 4 is 45.8 Å². The largest absolute Gasteiger partial charge is 0.418 e. The lowest BCUT2D eigenvalue weighted by Gasteiger charge is -2.29. The Bertz CT molecular complexity index is 1680. The fourth-order valence-corrected chi connectivity index (χ4v) is 6.44. The first-order valence-corrected chi connectivity index (χ1v) is 16.5. The molecule has 18 heteroatoms. The van der Waals surface area contributed by atoms with E-state index in [0.717, 1.165) is 0 Å². The number of hydroxylamine groups is 4. The number of urea groups is 2. The molecule has 0 aliphatic carbocycles. The summed E-state index contributed by atoms with van der Waals surface area (Å²) in [4.78, 5) is 75.2. The van der Waals surface area contributed by atoms with Crippen LogP contribution in [0.3, 0.4) is 0 Å². The number of rotatable bonds is 10. The fourth-order valence-electron chi connectivity index (χ4n) is 6.05. The molecule has 0 aromatic heterocycles. The number of nitrogens with zero attached hydrogens (tertiary/aromatic N) is 4. The standard InChI is InChI=1S/C15H17N3O7S.C15H17N3O4/c19-13(10-4-2-1-3-5-10)8-16-14(20)12-7-6-11-9-17(12)15(21)18(11)25-26(22,23)24;19-13(10-4-2-1-3-5-10)8-16-14(20)12-7-6-11-9-17(12)15(21)18(11)22/h1-5,11-12H,6-9H2,(H,16,20)(H,22,23,24);1-5,11-12,22H,6-9H2,(H,16,20)/t2*11-,12+/m11/s1. The van der Waals surface area contributed by atoms with Gasteiger partial charge in [-0.05, 0) is 25.7 Å². The lowest BCUT2D eigenvalue weighted by atomic mass is 10.00. The number of fused-ring (bicyclic) bond motifs is 4. The van der Waals surface area contributed by atoms with Crippen LogP contribution in [0.2, 0.25) is 0 Å². The van der Waals surface area contributed by atoms with E-state index in [0.29, 0.717) is 47.1 Å². The normalized spacial score (nSPS) is 23.0. The lowest BCUT2D eigenvalue weighted by molar-refractivity contribution is -0.126. The van der Waals surface area contributed by atoms with Gasteiger partial charge in [-0.25, -0.2) is 14.7 Å². The Hall–Kier alpha value is -4.91. The minimum atomic E-state index is -4.84. The first-order chi connectivity index (χ1) is 22.8. The summed E-state index contributed by atoms with van der Waals surface area (Å²) in [6.07, 6.45) is 1.66. The van der Waals surface area contributed by atoms with Crippen LogP contribution in [0.4, 0.5) is 9.59 Å². The fraction of sp³-hybridized carbons (Fsp3) is 0.400. The maximum atomic E-state index is 12.4. The number of piperidine rings is 2. The number of carbonyl (C=O) groups is 6. The Morgan fingerprint density at radius 1 is 0.708 bits per heavy atom. The average Bonchev–Trinajstić information content (AvgIpc) is 3.45. The third kappa shape index (κ3) is 7.79. The second-order valence-corrected chi connectivity index (χ2v) is 12.6. The van der Waals surface area contributed by atoms with Crippen molar-refractivity contribution in [3.05, 3.63) is 71.8 Å². The molecule has 48 heavy (non-hydrogen) atoms. The molecule has 4 aliphatic heterocycles. The van der Waals surface area contributed by atoms with Crippen molar-refractivity contribution in [2.75, 3.05) is 26.2 Å². The van der Waals surface area contributed by atoms with E-state index in [2.05, 4.69) is 14.9 Å². The van der Waals surface area contributed by atoms with E-state index in [1.54, 1.807) is 54.6 Å². The van der Waals surface area contributed by atoms with Gasteiger partial charge in [-0.15, -0.1) is 4.28 Å². The summed E-state index contributed by atoms with van der Waals surface area (Å²) in [5.41, 5.74) is 0.992. The molecule has 4 bridgehead atoms. The first-order valence-electron chi connectivity index (χ1n) is 15.1. The summed E-state index contributed by atoms with van der Waals surface area (Å²) < 4.78 is 34.8. The highest BCUT2D eigenvalue weighted by Gasteiger charge is 2.49. The highest BCUT2D eigenvalue weighted by atomic mass is 32.3. The predicted octanol–water partition coefficient (Wildman–Crippen LogP) is 0.632. The molecule has 2 aromatic carbocycles. The van der Waals surface area contributed by atoms with Crippen LogP contribution in [0, 0.1) is 0 Å². The SMILES string of the molecule is O=C(CNC(=O)[C@@H]1CC[C@@H]2CN1C(=O)N2O)c1ccccc1.O=C(CNC(=O)[C@@H]1CC[C@@H]2CN1C(=O)N2OS(=O)(=O)O)c1ccccc1. The number of ketones is 2. The van der Waals surface area contributed by atoms with E-state index < -0.39 is 46.5 Å². The van der Waals surface area contributed by atoms with E-state index in [-0.39, 0.29) is 49.6 Å². The van der Waals surface area contributed by atoms with Gasteiger partial charge >= 0.3 is 22.5 Å². The Morgan fingerprint density at radius 3 is 1.62 bits per heavy atom. The molecule has 17 nitrogen and oxygen atoms in total. The van der Waals surface area contributed by atoms with E-state index in [1.165, 1.54) is 9.80 Å². The smallest absolute Gasteiger partial charge is 0.347 e. The summed E-state index contributed by atoms with van der Waals surface area (Å²) in [5, 5.41) is 15.9. The van der Waals surface area contributed by atoms with Crippen LogP contribution >= 0.6 is 0 Å². The molecule has 4 heterocycles. The third-order valence-corrected chi connectivity index (χ3v) is 8.83. The van der Waals surface area contributed by atoms with Crippen LogP contribution in [-0.4, -0.2) is 124 Å². The average molecular weight is 687 g/mol. The minimum absolute atomic E-state index is 0.0963. The zero-order chi connectivity index (χ0) is 34.6. The monoisotopic (exact) mass is 686 g/mol. The summed E-state index contributed by atoms with van der Waals surface area (Å²) in [5.74, 6) is -1.31. The quantitative estimate of drug-likeness (QED) is 0.154. The van der Waals surface area contributed by atoms with Crippen molar-refractivity contribution in [3.8, 4) is 0 Å². The molecule has 4 N–H and O–H groups in total. The first kappa shape index (κ1) is 34.4. The van der Waals surface area contributed by atoms with E-state index in [4.69, 9.17) is 4.55 Å². The van der Waals surface area contributed by atoms with Crippen LogP contribution in [-0.2, 0) is 24.3 Å². The Morgan fingerprint density at radius 2 is 1.15 bits per heavy atom. The number of hydrogen-bond acceptors (Lipinski definition) is 10. The summed E-state index contributed by atoms with van der Waals surface area (Å²) >= 11 is 0. The number of hydrogen-bond donors (Lipinski definition) is 4. The minimum Gasteiger partial charge on any atom is -0.347 e. The van der Waals surface area contributed by atoms with Crippen molar-refractivity contribution in [1.29, 1.82) is 0 Å². The van der Waals surface area contributed by atoms with Crippen LogP contribution in [0.1, 0.15) is 46.4 Å². The molecule has 0 unspecified atom stereocenters. The zero-order valence-electron chi connectivity index (χ0n) is 25.5. The van der Waals surface area contributed by atoms with Gasteiger partial charge in [0.1, 0.15) is 12.1 Å². The van der Waals surface area contributed by atoms with Gasteiger partial charge in [0.2, 0.25) is 11.8 Å². The molecule has 4 saturated heterocycles. The maximum Gasteiger partial charge on any atom is 0.418 e. The molecule has 4 atom stereocenters. The van der Waals surface area contributed by atoms with E-state index in [1.807, 2.05) is 6.07 Å². The van der Waals surface area contributed by atoms with Crippen LogP contribution < -0.4 is 10.6 Å². The van der Waals surface area contributed by atoms with Gasteiger partial charge in [0, 0.05) is 24.2 Å². The Kier molecular flexibility index (Phi) is 10.4. The molecule has 6 amide bonds.